The topological polar surface area (TPSA) is 63.4 Å². The molecule has 1 N–H and O–H groups in total. The highest BCUT2D eigenvalue weighted by Gasteiger charge is 2.45. The second-order valence-electron chi connectivity index (χ2n) is 7.02. The van der Waals surface area contributed by atoms with Crippen molar-refractivity contribution in [1.29, 1.82) is 0 Å². The van der Waals surface area contributed by atoms with E-state index in [1.807, 2.05) is 38.2 Å². The van der Waals surface area contributed by atoms with Crippen molar-refractivity contribution in [2.45, 2.75) is 44.9 Å². The predicted molar refractivity (Wildman–Crippen MR) is 90.8 cm³/mol. The number of anilines is 1. The number of likely N-dealkylation sites (tertiary alicyclic amines) is 1. The van der Waals surface area contributed by atoms with Gasteiger partial charge in [0.2, 0.25) is 0 Å². The van der Waals surface area contributed by atoms with E-state index >= 15 is 0 Å². The van der Waals surface area contributed by atoms with Crippen LogP contribution in [-0.2, 0) is 11.3 Å². The first-order valence-corrected chi connectivity index (χ1v) is 8.59. The van der Waals surface area contributed by atoms with Gasteiger partial charge in [-0.15, -0.1) is 0 Å². The molecule has 0 unspecified atom stereocenters. The molecule has 128 valence electrons. The molecule has 6 nitrogen and oxygen atoms in total. The van der Waals surface area contributed by atoms with Crippen molar-refractivity contribution >= 4 is 5.82 Å². The molecule has 1 spiro atoms. The zero-order valence-electron chi connectivity index (χ0n) is 14.3. The minimum Gasteiger partial charge on any atom is -0.371 e. The van der Waals surface area contributed by atoms with Crippen molar-refractivity contribution in [2.75, 3.05) is 25.0 Å². The summed E-state index contributed by atoms with van der Waals surface area (Å²) in [6, 6.07) is 6.27. The number of nitrogens with zero attached hydrogens (tertiary/aromatic N) is 3. The number of pyridine rings is 1. The molecular weight excluding hydrogens is 304 g/mol. The Morgan fingerprint density at radius 1 is 1.38 bits per heavy atom. The summed E-state index contributed by atoms with van der Waals surface area (Å²) in [7, 11) is 0. The smallest absolute Gasteiger partial charge is 0.138 e. The Morgan fingerprint density at radius 3 is 3.04 bits per heavy atom. The highest BCUT2D eigenvalue weighted by atomic mass is 16.5. The van der Waals surface area contributed by atoms with E-state index in [2.05, 4.69) is 20.4 Å². The number of hydrogen-bond acceptors (Lipinski definition) is 6. The normalized spacial score (nSPS) is 27.2. The molecule has 4 rings (SSSR count). The van der Waals surface area contributed by atoms with E-state index in [0.29, 0.717) is 6.04 Å². The molecule has 0 radical (unpaired) electrons. The van der Waals surface area contributed by atoms with Crippen molar-refractivity contribution in [1.82, 2.24) is 15.0 Å². The Labute approximate surface area is 142 Å². The summed E-state index contributed by atoms with van der Waals surface area (Å²) in [5.74, 6) is 1.85. The summed E-state index contributed by atoms with van der Waals surface area (Å²) in [6.07, 6.45) is 3.92. The molecule has 0 saturated carbocycles. The monoisotopic (exact) mass is 328 g/mol. The van der Waals surface area contributed by atoms with Gasteiger partial charge in [0.1, 0.15) is 11.6 Å². The lowest BCUT2D eigenvalue weighted by atomic mass is 9.97. The number of aryl methyl sites for hydroxylation is 2. The summed E-state index contributed by atoms with van der Waals surface area (Å²) in [4.78, 5) is 6.80. The minimum absolute atomic E-state index is 0.0224. The third-order valence-electron chi connectivity index (χ3n) is 5.18. The van der Waals surface area contributed by atoms with Gasteiger partial charge >= 0.3 is 0 Å². The van der Waals surface area contributed by atoms with Gasteiger partial charge < -0.3 is 14.6 Å². The van der Waals surface area contributed by atoms with Crippen LogP contribution in [-0.4, -0.2) is 46.4 Å². The average molecular weight is 328 g/mol. The van der Waals surface area contributed by atoms with Crippen LogP contribution in [0, 0.1) is 13.8 Å². The number of hydrogen-bond donors (Lipinski definition) is 1. The van der Waals surface area contributed by atoms with Gasteiger partial charge in [0.05, 0.1) is 23.9 Å². The van der Waals surface area contributed by atoms with Crippen LogP contribution in [0.15, 0.2) is 28.9 Å². The van der Waals surface area contributed by atoms with E-state index in [-0.39, 0.29) is 5.60 Å². The van der Waals surface area contributed by atoms with Gasteiger partial charge in [-0.25, -0.2) is 4.98 Å². The molecule has 0 aromatic carbocycles. The molecule has 2 aromatic heterocycles. The largest absolute Gasteiger partial charge is 0.371 e. The molecule has 4 heterocycles. The Hall–Kier alpha value is -1.92. The molecule has 2 atom stereocenters. The fourth-order valence-corrected chi connectivity index (χ4v) is 3.89. The van der Waals surface area contributed by atoms with Gasteiger partial charge in [-0.1, -0.05) is 11.2 Å². The van der Waals surface area contributed by atoms with Crippen LogP contribution in [0.2, 0.25) is 0 Å². The number of rotatable bonds is 4. The molecule has 2 aliphatic rings. The summed E-state index contributed by atoms with van der Waals surface area (Å²) in [6.45, 7) is 7.66. The van der Waals surface area contributed by atoms with Crippen molar-refractivity contribution in [3.05, 3.63) is 41.4 Å². The van der Waals surface area contributed by atoms with Crippen molar-refractivity contribution < 1.29 is 9.26 Å². The average Bonchev–Trinajstić information content (AvgIpc) is 3.26. The first-order chi connectivity index (χ1) is 11.6. The van der Waals surface area contributed by atoms with Gasteiger partial charge in [0.25, 0.3) is 0 Å². The van der Waals surface area contributed by atoms with Crippen LogP contribution in [0.3, 0.4) is 0 Å². The maximum absolute atomic E-state index is 6.23. The van der Waals surface area contributed by atoms with Crippen LogP contribution < -0.4 is 5.32 Å². The molecule has 24 heavy (non-hydrogen) atoms. The molecule has 6 heteroatoms. The van der Waals surface area contributed by atoms with E-state index in [9.17, 15) is 0 Å². The Bertz CT molecular complexity index is 683. The van der Waals surface area contributed by atoms with Crippen molar-refractivity contribution in [2.24, 2.45) is 0 Å². The fraction of sp³-hybridized carbons (Fsp3) is 0.556. The van der Waals surface area contributed by atoms with Crippen LogP contribution >= 0.6 is 0 Å². The first-order valence-electron chi connectivity index (χ1n) is 8.59. The first kappa shape index (κ1) is 15.6. The van der Waals surface area contributed by atoms with E-state index in [1.165, 1.54) is 5.56 Å². The molecule has 2 saturated heterocycles. The van der Waals surface area contributed by atoms with Gasteiger partial charge in [-0.2, -0.15) is 0 Å². The Kier molecular flexibility index (Phi) is 4.02. The fourth-order valence-electron chi connectivity index (χ4n) is 3.89. The maximum Gasteiger partial charge on any atom is 0.138 e. The molecule has 0 bridgehead atoms. The van der Waals surface area contributed by atoms with Crippen LogP contribution in [0.5, 0.6) is 0 Å². The summed E-state index contributed by atoms with van der Waals surface area (Å²) in [5.41, 5.74) is 2.19. The quantitative estimate of drug-likeness (QED) is 0.930. The van der Waals surface area contributed by atoms with Crippen LogP contribution in [0.1, 0.15) is 29.9 Å². The second-order valence-corrected chi connectivity index (χ2v) is 7.02. The Balaban J connectivity index is 1.36. The maximum atomic E-state index is 6.23. The number of aromatic nitrogens is 2. The third-order valence-corrected chi connectivity index (χ3v) is 5.18. The lowest BCUT2D eigenvalue weighted by Gasteiger charge is -2.23. The van der Waals surface area contributed by atoms with E-state index in [4.69, 9.17) is 9.26 Å². The zero-order chi connectivity index (χ0) is 16.6. The van der Waals surface area contributed by atoms with Gasteiger partial charge in [0.15, 0.2) is 0 Å². The van der Waals surface area contributed by atoms with Crippen LogP contribution in [0.4, 0.5) is 5.82 Å². The van der Waals surface area contributed by atoms with E-state index in [1.54, 1.807) is 0 Å². The van der Waals surface area contributed by atoms with Crippen LogP contribution in [0.25, 0.3) is 0 Å². The number of ether oxygens (including phenoxy) is 1. The van der Waals surface area contributed by atoms with Gasteiger partial charge in [-0.3, -0.25) is 4.90 Å². The van der Waals surface area contributed by atoms with E-state index < -0.39 is 0 Å². The highest BCUT2D eigenvalue weighted by Crippen LogP contribution is 2.36. The number of nitrogens with one attached hydrogen (secondary N) is 1. The lowest BCUT2D eigenvalue weighted by Crippen LogP contribution is -2.33. The molecule has 2 aromatic rings. The predicted octanol–water partition coefficient (Wildman–Crippen LogP) is 2.53. The minimum atomic E-state index is -0.0224. The molecule has 0 aliphatic carbocycles. The summed E-state index contributed by atoms with van der Waals surface area (Å²) < 4.78 is 11.5. The zero-order valence-corrected chi connectivity index (χ0v) is 14.3. The third kappa shape index (κ3) is 3.03. The second kappa shape index (κ2) is 6.18. The van der Waals surface area contributed by atoms with Gasteiger partial charge in [-0.05, 0) is 32.4 Å². The highest BCUT2D eigenvalue weighted by molar-refractivity contribution is 5.35. The SMILES string of the molecule is Cc1noc(C)c1CN1CC[C@]2(C[C@@H](Nc3ccccn3)CO2)C1. The lowest BCUT2D eigenvalue weighted by molar-refractivity contribution is 0.0119. The standard InChI is InChI=1S/C18H24N4O2/c1-13-16(14(2)24-21-13)10-22-8-6-18(12-22)9-15(11-23-18)20-17-5-3-4-7-19-17/h3-5,7,15H,6,8-12H2,1-2H3,(H,19,20)/t15-,18+/m1/s1. The van der Waals surface area contributed by atoms with Gasteiger partial charge in [0, 0.05) is 37.8 Å². The summed E-state index contributed by atoms with van der Waals surface area (Å²) in [5, 5.41) is 7.55. The molecular formula is C18H24N4O2. The van der Waals surface area contributed by atoms with Crippen molar-refractivity contribution in [3.63, 3.8) is 0 Å². The molecule has 2 aliphatic heterocycles. The summed E-state index contributed by atoms with van der Waals surface area (Å²) >= 11 is 0. The Morgan fingerprint density at radius 2 is 2.29 bits per heavy atom. The van der Waals surface area contributed by atoms with Crippen molar-refractivity contribution in [3.8, 4) is 0 Å². The molecule has 2 fully saturated rings. The van der Waals surface area contributed by atoms with E-state index in [0.717, 1.165) is 56.4 Å². The molecule has 0 amide bonds.